The molecule has 19 heavy (non-hydrogen) atoms. The van der Waals surface area contributed by atoms with E-state index < -0.39 is 0 Å². The lowest BCUT2D eigenvalue weighted by atomic mass is 9.92. The third-order valence-corrected chi connectivity index (χ3v) is 3.71. The fourth-order valence-electron chi connectivity index (χ4n) is 2.64. The van der Waals surface area contributed by atoms with Crippen LogP contribution in [0.15, 0.2) is 18.3 Å². The third-order valence-electron chi connectivity index (χ3n) is 3.39. The summed E-state index contributed by atoms with van der Waals surface area (Å²) < 4.78 is 0. The van der Waals surface area contributed by atoms with E-state index >= 15 is 0 Å². The number of nitrogens with zero attached hydrogens (tertiary/aromatic N) is 2. The van der Waals surface area contributed by atoms with E-state index in [1.807, 2.05) is 18.3 Å². The molecule has 2 rings (SSSR count). The zero-order valence-corrected chi connectivity index (χ0v) is 13.2. The molecule has 0 amide bonds. The molecule has 1 aliphatic rings. The molecule has 1 aromatic heterocycles. The van der Waals surface area contributed by atoms with Gasteiger partial charge in [-0.05, 0) is 51.9 Å². The SMILES string of the molecule is CC(C)(N)CN1CCC(c2ncccc2Cl)CC1.Cl. The van der Waals surface area contributed by atoms with Crippen molar-refractivity contribution in [3.8, 4) is 0 Å². The van der Waals surface area contributed by atoms with E-state index in [0.717, 1.165) is 43.2 Å². The molecule has 2 heterocycles. The zero-order valence-electron chi connectivity index (χ0n) is 11.6. The Labute approximate surface area is 126 Å². The summed E-state index contributed by atoms with van der Waals surface area (Å²) in [6.45, 7) is 7.27. The van der Waals surface area contributed by atoms with Crippen LogP contribution >= 0.6 is 24.0 Å². The van der Waals surface area contributed by atoms with Gasteiger partial charge >= 0.3 is 0 Å². The van der Waals surface area contributed by atoms with Gasteiger partial charge in [-0.1, -0.05) is 11.6 Å². The fourth-order valence-corrected chi connectivity index (χ4v) is 2.91. The molecular formula is C14H23Cl2N3. The molecular weight excluding hydrogens is 281 g/mol. The van der Waals surface area contributed by atoms with Crippen LogP contribution in [0.1, 0.15) is 38.3 Å². The van der Waals surface area contributed by atoms with Crippen LogP contribution < -0.4 is 5.73 Å². The van der Waals surface area contributed by atoms with Crippen molar-refractivity contribution < 1.29 is 0 Å². The second kappa shape index (κ2) is 6.89. The van der Waals surface area contributed by atoms with Crippen LogP contribution in [0.5, 0.6) is 0 Å². The summed E-state index contributed by atoms with van der Waals surface area (Å²) in [5.74, 6) is 0.496. The first-order chi connectivity index (χ1) is 8.46. The van der Waals surface area contributed by atoms with E-state index in [2.05, 4.69) is 23.7 Å². The van der Waals surface area contributed by atoms with Gasteiger partial charge in [0.15, 0.2) is 0 Å². The van der Waals surface area contributed by atoms with Gasteiger partial charge in [0, 0.05) is 24.2 Å². The van der Waals surface area contributed by atoms with Gasteiger partial charge in [0.05, 0.1) is 10.7 Å². The molecule has 0 saturated carbocycles. The quantitative estimate of drug-likeness (QED) is 0.933. The number of piperidine rings is 1. The second-order valence-corrected chi connectivity index (χ2v) is 6.32. The molecule has 1 saturated heterocycles. The van der Waals surface area contributed by atoms with Crippen LogP contribution in [0.25, 0.3) is 0 Å². The van der Waals surface area contributed by atoms with E-state index in [9.17, 15) is 0 Å². The molecule has 0 spiro atoms. The number of hydrogen-bond acceptors (Lipinski definition) is 3. The lowest BCUT2D eigenvalue weighted by molar-refractivity contribution is 0.178. The van der Waals surface area contributed by atoms with Crippen molar-refractivity contribution in [2.24, 2.45) is 5.73 Å². The highest BCUT2D eigenvalue weighted by atomic mass is 35.5. The Kier molecular flexibility index (Phi) is 6.06. The average molecular weight is 304 g/mol. The number of hydrogen-bond donors (Lipinski definition) is 1. The number of pyridine rings is 1. The van der Waals surface area contributed by atoms with Crippen molar-refractivity contribution in [2.75, 3.05) is 19.6 Å². The molecule has 2 N–H and O–H groups in total. The summed E-state index contributed by atoms with van der Waals surface area (Å²) in [6.07, 6.45) is 4.07. The molecule has 0 aliphatic carbocycles. The zero-order chi connectivity index (χ0) is 13.2. The molecule has 0 atom stereocenters. The Hall–Kier alpha value is -0.350. The minimum absolute atomic E-state index is 0. The molecule has 0 bridgehead atoms. The molecule has 3 nitrogen and oxygen atoms in total. The highest BCUT2D eigenvalue weighted by Gasteiger charge is 2.25. The normalized spacial score (nSPS) is 18.1. The van der Waals surface area contributed by atoms with Crippen molar-refractivity contribution in [1.29, 1.82) is 0 Å². The molecule has 1 aromatic rings. The van der Waals surface area contributed by atoms with E-state index in [1.54, 1.807) is 0 Å². The summed E-state index contributed by atoms with van der Waals surface area (Å²) in [5.41, 5.74) is 7.01. The Bertz CT molecular complexity index is 396. The molecule has 0 unspecified atom stereocenters. The number of rotatable bonds is 3. The topological polar surface area (TPSA) is 42.1 Å². The largest absolute Gasteiger partial charge is 0.324 e. The van der Waals surface area contributed by atoms with Crippen molar-refractivity contribution in [3.63, 3.8) is 0 Å². The van der Waals surface area contributed by atoms with Crippen LogP contribution in [0.2, 0.25) is 5.02 Å². The van der Waals surface area contributed by atoms with Crippen molar-refractivity contribution in [3.05, 3.63) is 29.0 Å². The maximum absolute atomic E-state index is 6.20. The van der Waals surface area contributed by atoms with Gasteiger partial charge in [-0.2, -0.15) is 0 Å². The van der Waals surface area contributed by atoms with E-state index in [4.69, 9.17) is 17.3 Å². The number of aromatic nitrogens is 1. The van der Waals surface area contributed by atoms with Crippen LogP contribution in [-0.4, -0.2) is 35.1 Å². The molecule has 1 fully saturated rings. The Morgan fingerprint density at radius 3 is 2.58 bits per heavy atom. The van der Waals surface area contributed by atoms with Gasteiger partial charge in [0.2, 0.25) is 0 Å². The van der Waals surface area contributed by atoms with Gasteiger partial charge in [-0.3, -0.25) is 4.98 Å². The fraction of sp³-hybridized carbons (Fsp3) is 0.643. The van der Waals surface area contributed by atoms with Gasteiger partial charge in [-0.15, -0.1) is 12.4 Å². The smallest absolute Gasteiger partial charge is 0.0624 e. The maximum atomic E-state index is 6.20. The van der Waals surface area contributed by atoms with Gasteiger partial charge in [-0.25, -0.2) is 0 Å². The van der Waals surface area contributed by atoms with Crippen LogP contribution in [0, 0.1) is 0 Å². The predicted octanol–water partition coefficient (Wildman–Crippen LogP) is 3.07. The Morgan fingerprint density at radius 2 is 2.05 bits per heavy atom. The van der Waals surface area contributed by atoms with Crippen molar-refractivity contribution >= 4 is 24.0 Å². The predicted molar refractivity (Wildman–Crippen MR) is 83.2 cm³/mol. The highest BCUT2D eigenvalue weighted by molar-refractivity contribution is 6.31. The average Bonchev–Trinajstić information content (AvgIpc) is 2.29. The van der Waals surface area contributed by atoms with Crippen LogP contribution in [0.4, 0.5) is 0 Å². The lowest BCUT2D eigenvalue weighted by Gasteiger charge is -2.35. The lowest BCUT2D eigenvalue weighted by Crippen LogP contribution is -2.47. The number of likely N-dealkylation sites (tertiary alicyclic amines) is 1. The second-order valence-electron chi connectivity index (χ2n) is 5.91. The van der Waals surface area contributed by atoms with Crippen molar-refractivity contribution in [2.45, 2.75) is 38.1 Å². The molecule has 5 heteroatoms. The maximum Gasteiger partial charge on any atom is 0.0624 e. The first-order valence-electron chi connectivity index (χ1n) is 6.57. The summed E-state index contributed by atoms with van der Waals surface area (Å²) in [4.78, 5) is 6.86. The minimum Gasteiger partial charge on any atom is -0.324 e. The van der Waals surface area contributed by atoms with E-state index in [0.29, 0.717) is 5.92 Å². The summed E-state index contributed by atoms with van der Waals surface area (Å²) in [7, 11) is 0. The van der Waals surface area contributed by atoms with Crippen molar-refractivity contribution in [1.82, 2.24) is 9.88 Å². The number of halogens is 2. The summed E-state index contributed by atoms with van der Waals surface area (Å²) >= 11 is 6.20. The number of nitrogens with two attached hydrogens (primary N) is 1. The highest BCUT2D eigenvalue weighted by Crippen LogP contribution is 2.31. The standard InChI is InChI=1S/C14H22ClN3.ClH/c1-14(2,16)10-18-8-5-11(6-9-18)13-12(15)4-3-7-17-13;/h3-4,7,11H,5-6,8-10,16H2,1-2H3;1H. The molecule has 108 valence electrons. The van der Waals surface area contributed by atoms with Gasteiger partial charge in [0.25, 0.3) is 0 Å². The molecule has 0 radical (unpaired) electrons. The van der Waals surface area contributed by atoms with Gasteiger partial charge in [0.1, 0.15) is 0 Å². The first kappa shape index (κ1) is 16.7. The van der Waals surface area contributed by atoms with Crippen LogP contribution in [0.3, 0.4) is 0 Å². The minimum atomic E-state index is -0.116. The Balaban J connectivity index is 0.00000180. The van der Waals surface area contributed by atoms with Gasteiger partial charge < -0.3 is 10.6 Å². The van der Waals surface area contributed by atoms with E-state index in [-0.39, 0.29) is 17.9 Å². The van der Waals surface area contributed by atoms with E-state index in [1.165, 1.54) is 0 Å². The molecule has 1 aliphatic heterocycles. The summed E-state index contributed by atoms with van der Waals surface area (Å²) in [5, 5.41) is 0.801. The summed E-state index contributed by atoms with van der Waals surface area (Å²) in [6, 6.07) is 3.82. The van der Waals surface area contributed by atoms with Crippen LogP contribution in [-0.2, 0) is 0 Å². The monoisotopic (exact) mass is 303 g/mol. The first-order valence-corrected chi connectivity index (χ1v) is 6.95. The Morgan fingerprint density at radius 1 is 1.42 bits per heavy atom. The molecule has 0 aromatic carbocycles. The third kappa shape index (κ3) is 4.92.